The number of hydrogen-bond donors (Lipinski definition) is 2. The summed E-state index contributed by atoms with van der Waals surface area (Å²) in [4.78, 5) is 23.9. The van der Waals surface area contributed by atoms with E-state index in [-0.39, 0.29) is 5.91 Å². The minimum absolute atomic E-state index is 0.242. The zero-order chi connectivity index (χ0) is 19.0. The Morgan fingerprint density at radius 3 is 2.36 bits per heavy atom. The minimum atomic E-state index is -0.959. The molecule has 0 spiro atoms. The molecule has 1 rings (SSSR count). The molecule has 0 aromatic heterocycles. The molecule has 1 unspecified atom stereocenters. The average Bonchev–Trinajstić information content (AvgIpc) is 2.58. The molecule has 0 aliphatic heterocycles. The number of nitrogens with one attached hydrogen (secondary N) is 1. The van der Waals surface area contributed by atoms with Gasteiger partial charge in [0.25, 0.3) is 0 Å². The van der Waals surface area contributed by atoms with Crippen LogP contribution in [0.4, 0.5) is 0 Å². The zero-order valence-corrected chi connectivity index (χ0v) is 15.7. The van der Waals surface area contributed by atoms with Gasteiger partial charge in [0, 0.05) is 6.54 Å². The topological polar surface area (TPSA) is 84.9 Å². The van der Waals surface area contributed by atoms with Crippen LogP contribution in [0.1, 0.15) is 39.2 Å². The van der Waals surface area contributed by atoms with E-state index >= 15 is 0 Å². The van der Waals surface area contributed by atoms with Crippen molar-refractivity contribution < 1.29 is 24.2 Å². The van der Waals surface area contributed by atoms with Crippen LogP contribution in [0, 0.1) is 11.3 Å². The van der Waals surface area contributed by atoms with Gasteiger partial charge in [0.2, 0.25) is 5.91 Å². The lowest BCUT2D eigenvalue weighted by atomic mass is 9.75. The molecule has 0 aliphatic carbocycles. The standard InChI is InChI=1S/C19H29NO5/c1-6-7-14(17(21)22)19(2,3)18(23)20-11-10-13-8-9-15(24-4)16(12-13)25-5/h8-9,12,14H,6-7,10-11H2,1-5H3,(H,20,23)(H,21,22). The number of carbonyl (C=O) groups is 2. The Kier molecular flexibility index (Phi) is 7.74. The SMILES string of the molecule is CCCC(C(=O)O)C(C)(C)C(=O)NCCc1ccc(OC)c(OC)c1. The summed E-state index contributed by atoms with van der Waals surface area (Å²) < 4.78 is 10.5. The minimum Gasteiger partial charge on any atom is -0.493 e. The normalized spacial score (nSPS) is 12.4. The first-order chi connectivity index (χ1) is 11.8. The van der Waals surface area contributed by atoms with E-state index in [9.17, 15) is 14.7 Å². The maximum atomic E-state index is 12.5. The van der Waals surface area contributed by atoms with Crippen LogP contribution in [0.15, 0.2) is 18.2 Å². The summed E-state index contributed by atoms with van der Waals surface area (Å²) in [5.74, 6) is -0.574. The number of rotatable bonds is 10. The molecule has 1 atom stereocenters. The summed E-state index contributed by atoms with van der Waals surface area (Å²) in [7, 11) is 3.15. The number of hydrogen-bond acceptors (Lipinski definition) is 4. The molecule has 0 saturated heterocycles. The maximum Gasteiger partial charge on any atom is 0.307 e. The van der Waals surface area contributed by atoms with Gasteiger partial charge in [0.05, 0.1) is 25.6 Å². The summed E-state index contributed by atoms with van der Waals surface area (Å²) in [6.45, 7) is 5.72. The van der Waals surface area contributed by atoms with Crippen molar-refractivity contribution in [3.63, 3.8) is 0 Å². The molecule has 0 aliphatic rings. The van der Waals surface area contributed by atoms with E-state index in [1.807, 2.05) is 25.1 Å². The van der Waals surface area contributed by atoms with Gasteiger partial charge in [-0.25, -0.2) is 0 Å². The van der Waals surface area contributed by atoms with Crippen LogP contribution in [-0.2, 0) is 16.0 Å². The molecule has 1 aromatic rings. The number of carboxylic acids is 1. The number of carboxylic acid groups (broad SMARTS) is 1. The molecule has 6 heteroatoms. The summed E-state index contributed by atoms with van der Waals surface area (Å²) in [5.41, 5.74) is 0.0403. The summed E-state index contributed by atoms with van der Waals surface area (Å²) in [6.07, 6.45) is 1.82. The quantitative estimate of drug-likeness (QED) is 0.677. The molecule has 0 bridgehead atoms. The second kappa shape index (κ2) is 9.30. The zero-order valence-electron chi connectivity index (χ0n) is 15.7. The lowest BCUT2D eigenvalue weighted by Gasteiger charge is -2.30. The molecule has 0 saturated carbocycles. The number of aliphatic carboxylic acids is 1. The van der Waals surface area contributed by atoms with E-state index in [4.69, 9.17) is 9.47 Å². The van der Waals surface area contributed by atoms with Crippen molar-refractivity contribution in [2.24, 2.45) is 11.3 Å². The van der Waals surface area contributed by atoms with Crippen LogP contribution < -0.4 is 14.8 Å². The van der Waals surface area contributed by atoms with Gasteiger partial charge >= 0.3 is 5.97 Å². The van der Waals surface area contributed by atoms with Gasteiger partial charge in [0.15, 0.2) is 11.5 Å². The van der Waals surface area contributed by atoms with E-state index in [0.29, 0.717) is 30.9 Å². The van der Waals surface area contributed by atoms with Crippen molar-refractivity contribution in [1.29, 1.82) is 0 Å². The van der Waals surface area contributed by atoms with Crippen LogP contribution >= 0.6 is 0 Å². The Morgan fingerprint density at radius 1 is 1.20 bits per heavy atom. The number of benzene rings is 1. The highest BCUT2D eigenvalue weighted by molar-refractivity contribution is 5.87. The predicted molar refractivity (Wildman–Crippen MR) is 96.1 cm³/mol. The van der Waals surface area contributed by atoms with Crippen LogP contribution in [-0.4, -0.2) is 37.7 Å². The van der Waals surface area contributed by atoms with E-state index in [2.05, 4.69) is 5.32 Å². The monoisotopic (exact) mass is 351 g/mol. The Bertz CT molecular complexity index is 597. The highest BCUT2D eigenvalue weighted by Gasteiger charge is 2.40. The molecule has 6 nitrogen and oxygen atoms in total. The summed E-state index contributed by atoms with van der Waals surface area (Å²) >= 11 is 0. The Balaban J connectivity index is 2.68. The van der Waals surface area contributed by atoms with Crippen molar-refractivity contribution in [2.45, 2.75) is 40.0 Å². The van der Waals surface area contributed by atoms with E-state index in [0.717, 1.165) is 12.0 Å². The van der Waals surface area contributed by atoms with Crippen LogP contribution in [0.5, 0.6) is 11.5 Å². The lowest BCUT2D eigenvalue weighted by molar-refractivity contribution is -0.151. The van der Waals surface area contributed by atoms with Crippen LogP contribution in [0.25, 0.3) is 0 Å². The van der Waals surface area contributed by atoms with Gasteiger partial charge in [-0.3, -0.25) is 9.59 Å². The second-order valence-electron chi connectivity index (χ2n) is 6.60. The van der Waals surface area contributed by atoms with Gasteiger partial charge in [-0.2, -0.15) is 0 Å². The van der Waals surface area contributed by atoms with Crippen molar-refractivity contribution in [1.82, 2.24) is 5.32 Å². The average molecular weight is 351 g/mol. The number of ether oxygens (including phenoxy) is 2. The summed E-state index contributed by atoms with van der Waals surface area (Å²) in [6, 6.07) is 5.60. The molecule has 0 heterocycles. The fourth-order valence-corrected chi connectivity index (χ4v) is 2.82. The molecule has 25 heavy (non-hydrogen) atoms. The predicted octanol–water partition coefficient (Wildman–Crippen LogP) is 2.89. The molecule has 2 N–H and O–H groups in total. The smallest absolute Gasteiger partial charge is 0.307 e. The van der Waals surface area contributed by atoms with Gasteiger partial charge in [-0.1, -0.05) is 33.3 Å². The van der Waals surface area contributed by atoms with Crippen molar-refractivity contribution >= 4 is 11.9 Å². The van der Waals surface area contributed by atoms with E-state index < -0.39 is 17.3 Å². The molecular weight excluding hydrogens is 322 g/mol. The van der Waals surface area contributed by atoms with Gasteiger partial charge < -0.3 is 19.9 Å². The highest BCUT2D eigenvalue weighted by Crippen LogP contribution is 2.31. The Hall–Kier alpha value is -2.24. The molecule has 0 fully saturated rings. The largest absolute Gasteiger partial charge is 0.493 e. The Morgan fingerprint density at radius 2 is 1.84 bits per heavy atom. The molecule has 1 aromatic carbocycles. The van der Waals surface area contributed by atoms with Crippen LogP contribution in [0.2, 0.25) is 0 Å². The molecule has 0 radical (unpaired) electrons. The van der Waals surface area contributed by atoms with Gasteiger partial charge in [-0.15, -0.1) is 0 Å². The van der Waals surface area contributed by atoms with Gasteiger partial charge in [-0.05, 0) is 30.5 Å². The second-order valence-corrected chi connectivity index (χ2v) is 6.60. The lowest BCUT2D eigenvalue weighted by Crippen LogP contribution is -2.45. The highest BCUT2D eigenvalue weighted by atomic mass is 16.5. The third kappa shape index (κ3) is 5.37. The first kappa shape index (κ1) is 20.8. The number of carbonyl (C=O) groups excluding carboxylic acids is 1. The molecule has 140 valence electrons. The number of methoxy groups -OCH3 is 2. The summed E-state index contributed by atoms with van der Waals surface area (Å²) in [5, 5.41) is 12.3. The third-order valence-corrected chi connectivity index (χ3v) is 4.48. The fraction of sp³-hybridized carbons (Fsp3) is 0.579. The van der Waals surface area contributed by atoms with Gasteiger partial charge in [0.1, 0.15) is 0 Å². The molecular formula is C19H29NO5. The maximum absolute atomic E-state index is 12.5. The first-order valence-electron chi connectivity index (χ1n) is 8.49. The van der Waals surface area contributed by atoms with Crippen molar-refractivity contribution in [3.05, 3.63) is 23.8 Å². The fourth-order valence-electron chi connectivity index (χ4n) is 2.82. The van der Waals surface area contributed by atoms with E-state index in [1.165, 1.54) is 0 Å². The third-order valence-electron chi connectivity index (χ3n) is 4.48. The molecule has 1 amide bonds. The van der Waals surface area contributed by atoms with Crippen molar-refractivity contribution in [2.75, 3.05) is 20.8 Å². The van der Waals surface area contributed by atoms with Crippen molar-refractivity contribution in [3.8, 4) is 11.5 Å². The number of amides is 1. The first-order valence-corrected chi connectivity index (χ1v) is 8.49. The van der Waals surface area contributed by atoms with E-state index in [1.54, 1.807) is 28.1 Å². The van der Waals surface area contributed by atoms with Crippen LogP contribution in [0.3, 0.4) is 0 Å². The Labute approximate surface area is 149 Å².